The first kappa shape index (κ1) is 20.1. The first-order valence-corrected chi connectivity index (χ1v) is 9.49. The molecule has 6 nitrogen and oxygen atoms in total. The van der Waals surface area contributed by atoms with E-state index in [9.17, 15) is 18.0 Å². The molecule has 158 valence electrons. The molecular weight excluding hydrogens is 399 g/mol. The Hall–Kier alpha value is -3.23. The normalized spacial score (nSPS) is 14.9. The monoisotopic (exact) mass is 419 g/mol. The fourth-order valence-corrected chi connectivity index (χ4v) is 3.71. The maximum absolute atomic E-state index is 13.8. The fourth-order valence-electron chi connectivity index (χ4n) is 3.71. The van der Waals surface area contributed by atoms with Crippen LogP contribution in [0.3, 0.4) is 0 Å². The first-order chi connectivity index (χ1) is 14.4. The minimum atomic E-state index is -3.26. The van der Waals surface area contributed by atoms with Gasteiger partial charge in [0.1, 0.15) is 17.1 Å². The molecular formula is C21H20F3N3O3. The predicted octanol–water partition coefficient (Wildman–Crippen LogP) is 3.97. The van der Waals surface area contributed by atoms with Gasteiger partial charge in [0.15, 0.2) is 0 Å². The third-order valence-corrected chi connectivity index (χ3v) is 5.10. The summed E-state index contributed by atoms with van der Waals surface area (Å²) in [5.74, 6) is 0.113. The Labute approximate surface area is 170 Å². The van der Waals surface area contributed by atoms with Crippen LogP contribution in [0.2, 0.25) is 0 Å². The number of ether oxygens (including phenoxy) is 2. The first-order valence-electron chi connectivity index (χ1n) is 9.49. The van der Waals surface area contributed by atoms with Gasteiger partial charge in [0, 0.05) is 24.4 Å². The highest BCUT2D eigenvalue weighted by Crippen LogP contribution is 2.35. The van der Waals surface area contributed by atoms with E-state index in [1.54, 1.807) is 18.3 Å². The van der Waals surface area contributed by atoms with Crippen molar-refractivity contribution in [1.29, 1.82) is 0 Å². The highest BCUT2D eigenvalue weighted by atomic mass is 19.3. The lowest BCUT2D eigenvalue weighted by molar-refractivity contribution is -0.0382. The van der Waals surface area contributed by atoms with Gasteiger partial charge in [0.25, 0.3) is 12.3 Å². The number of carbonyl (C=O) groups excluding carboxylic acids is 1. The predicted molar refractivity (Wildman–Crippen MR) is 104 cm³/mol. The summed E-state index contributed by atoms with van der Waals surface area (Å²) in [7, 11) is 1.38. The van der Waals surface area contributed by atoms with E-state index < -0.39 is 18.6 Å². The molecule has 0 N–H and O–H groups in total. The van der Waals surface area contributed by atoms with E-state index in [-0.39, 0.29) is 24.3 Å². The molecule has 9 heteroatoms. The van der Waals surface area contributed by atoms with Crippen molar-refractivity contribution in [1.82, 2.24) is 14.3 Å². The van der Waals surface area contributed by atoms with Crippen LogP contribution >= 0.6 is 0 Å². The molecule has 1 amide bonds. The Morgan fingerprint density at radius 2 is 2.03 bits per heavy atom. The van der Waals surface area contributed by atoms with E-state index in [0.29, 0.717) is 28.5 Å². The molecule has 1 unspecified atom stereocenters. The lowest BCUT2D eigenvalue weighted by atomic mass is 9.94. The summed E-state index contributed by atoms with van der Waals surface area (Å²) in [6.45, 7) is 2.31. The van der Waals surface area contributed by atoms with Gasteiger partial charge in [-0.25, -0.2) is 18.2 Å². The van der Waals surface area contributed by atoms with Crippen LogP contribution in [0.15, 0.2) is 36.7 Å². The topological polar surface area (TPSA) is 56.1 Å². The van der Waals surface area contributed by atoms with E-state index >= 15 is 0 Å². The van der Waals surface area contributed by atoms with Crippen LogP contribution in [0.5, 0.6) is 11.5 Å². The zero-order valence-corrected chi connectivity index (χ0v) is 16.4. The van der Waals surface area contributed by atoms with Crippen molar-refractivity contribution in [3.63, 3.8) is 0 Å². The van der Waals surface area contributed by atoms with E-state index in [2.05, 4.69) is 4.98 Å². The molecule has 3 aromatic rings. The molecule has 0 spiro atoms. The molecule has 0 fully saturated rings. The minimum absolute atomic E-state index is 0.114. The molecule has 3 heterocycles. The smallest absolute Gasteiger partial charge is 0.287 e. The number of nitrogens with zero attached hydrogens (tertiary/aromatic N) is 3. The summed E-state index contributed by atoms with van der Waals surface area (Å²) < 4.78 is 52.2. The Balaban J connectivity index is 1.76. The van der Waals surface area contributed by atoms with Gasteiger partial charge in [-0.2, -0.15) is 0 Å². The molecule has 0 saturated heterocycles. The number of imidazole rings is 1. The van der Waals surface area contributed by atoms with Crippen LogP contribution in [-0.4, -0.2) is 53.2 Å². The van der Waals surface area contributed by atoms with Crippen molar-refractivity contribution >= 4 is 11.6 Å². The molecule has 4 rings (SSSR count). The number of rotatable bonds is 6. The summed E-state index contributed by atoms with van der Waals surface area (Å²) in [6.07, 6.45) is -2.15. The maximum atomic E-state index is 13.8. The molecule has 0 radical (unpaired) electrons. The third kappa shape index (κ3) is 3.34. The largest absolute Gasteiger partial charge is 0.496 e. The van der Waals surface area contributed by atoms with Gasteiger partial charge in [-0.1, -0.05) is 0 Å². The van der Waals surface area contributed by atoms with Gasteiger partial charge in [0.2, 0.25) is 6.30 Å². The van der Waals surface area contributed by atoms with Gasteiger partial charge in [-0.3, -0.25) is 9.20 Å². The van der Waals surface area contributed by atoms with Gasteiger partial charge < -0.3 is 14.4 Å². The van der Waals surface area contributed by atoms with Crippen molar-refractivity contribution in [2.75, 3.05) is 20.3 Å². The van der Waals surface area contributed by atoms with Crippen molar-refractivity contribution in [3.8, 4) is 22.8 Å². The molecule has 30 heavy (non-hydrogen) atoms. The lowest BCUT2D eigenvalue weighted by Gasteiger charge is -2.31. The highest BCUT2D eigenvalue weighted by molar-refractivity contribution is 6.00. The number of fused-ring (bicyclic) bond motifs is 2. The second kappa shape index (κ2) is 7.89. The number of halogens is 3. The summed E-state index contributed by atoms with van der Waals surface area (Å²) in [6, 6.07) is 7.07. The number of alkyl halides is 3. The zero-order chi connectivity index (χ0) is 21.4. The molecule has 0 bridgehead atoms. The number of methoxy groups -OCH3 is 1. The van der Waals surface area contributed by atoms with Crippen LogP contribution in [0.4, 0.5) is 13.2 Å². The third-order valence-electron chi connectivity index (χ3n) is 5.10. The second-order valence-corrected chi connectivity index (χ2v) is 6.84. The second-order valence-electron chi connectivity index (χ2n) is 6.84. The Morgan fingerprint density at radius 3 is 2.73 bits per heavy atom. The molecule has 1 aromatic carbocycles. The molecule has 1 aliphatic rings. The highest BCUT2D eigenvalue weighted by Gasteiger charge is 2.37. The Morgan fingerprint density at radius 1 is 1.23 bits per heavy atom. The number of hydrogen-bond acceptors (Lipinski definition) is 4. The molecule has 0 aliphatic carbocycles. The molecule has 1 atom stereocenters. The van der Waals surface area contributed by atoms with E-state index in [1.807, 2.05) is 29.7 Å². The average molecular weight is 419 g/mol. The Bertz CT molecular complexity index is 1080. The van der Waals surface area contributed by atoms with Crippen molar-refractivity contribution in [3.05, 3.63) is 47.8 Å². The fraction of sp³-hybridized carbons (Fsp3) is 0.333. The number of pyridine rings is 1. The van der Waals surface area contributed by atoms with E-state index in [4.69, 9.17) is 9.47 Å². The number of benzene rings is 1. The van der Waals surface area contributed by atoms with Gasteiger partial charge >= 0.3 is 0 Å². The lowest BCUT2D eigenvalue weighted by Crippen LogP contribution is -2.46. The van der Waals surface area contributed by atoms with Gasteiger partial charge in [-0.05, 0) is 37.1 Å². The number of aromatic nitrogens is 2. The van der Waals surface area contributed by atoms with Crippen LogP contribution in [0.1, 0.15) is 22.8 Å². The van der Waals surface area contributed by atoms with Crippen LogP contribution in [0.25, 0.3) is 16.9 Å². The minimum Gasteiger partial charge on any atom is -0.496 e. The van der Waals surface area contributed by atoms with Crippen molar-refractivity contribution in [2.24, 2.45) is 0 Å². The molecule has 0 saturated carbocycles. The Kier molecular flexibility index (Phi) is 5.27. The SMILES string of the molecule is CCOc1ccn2c(-c3cc4c(c(OC)c3)C(=O)N(C(F)C(F)F)CC4)cnc2c1. The van der Waals surface area contributed by atoms with Crippen molar-refractivity contribution in [2.45, 2.75) is 26.1 Å². The van der Waals surface area contributed by atoms with Crippen molar-refractivity contribution < 1.29 is 27.4 Å². The average Bonchev–Trinajstić information content (AvgIpc) is 3.16. The van der Waals surface area contributed by atoms with Crippen LogP contribution < -0.4 is 9.47 Å². The maximum Gasteiger partial charge on any atom is 0.287 e. The van der Waals surface area contributed by atoms with Crippen LogP contribution in [-0.2, 0) is 6.42 Å². The van der Waals surface area contributed by atoms with E-state index in [1.165, 1.54) is 7.11 Å². The zero-order valence-electron chi connectivity index (χ0n) is 16.4. The summed E-state index contributed by atoms with van der Waals surface area (Å²) in [4.78, 5) is 17.7. The summed E-state index contributed by atoms with van der Waals surface area (Å²) >= 11 is 0. The quantitative estimate of drug-likeness (QED) is 0.568. The standard InChI is InChI=1S/C21H20F3N3O3/c1-3-30-14-5-7-26-15(11-25-17(26)10-14)13-8-12-4-6-27(20(24)19(22)23)21(28)18(12)16(9-13)29-2/h5,7-11,19-20H,3-4,6H2,1-2H3. The van der Waals surface area contributed by atoms with Gasteiger partial charge in [-0.15, -0.1) is 0 Å². The van der Waals surface area contributed by atoms with E-state index in [0.717, 1.165) is 11.3 Å². The number of hydrogen-bond donors (Lipinski definition) is 0. The van der Waals surface area contributed by atoms with Gasteiger partial charge in [0.05, 0.1) is 31.2 Å². The number of amides is 1. The molecule has 2 aromatic heterocycles. The summed E-state index contributed by atoms with van der Waals surface area (Å²) in [5, 5.41) is 0. The van der Waals surface area contributed by atoms with Crippen LogP contribution in [0, 0.1) is 0 Å². The summed E-state index contributed by atoms with van der Waals surface area (Å²) in [5.41, 5.74) is 2.93. The molecule has 1 aliphatic heterocycles. The number of carbonyl (C=O) groups is 1.